The van der Waals surface area contributed by atoms with Gasteiger partial charge in [-0.1, -0.05) is 0 Å². The van der Waals surface area contributed by atoms with Gasteiger partial charge in [0, 0.05) is 19.6 Å². The zero-order chi connectivity index (χ0) is 12.6. The molecule has 3 N–H and O–H groups in total. The summed E-state index contributed by atoms with van der Waals surface area (Å²) in [5.74, 6) is -0.00678. The van der Waals surface area contributed by atoms with Gasteiger partial charge in [0.05, 0.1) is 5.54 Å². The summed E-state index contributed by atoms with van der Waals surface area (Å²) in [6.45, 7) is 6.61. The first-order valence-electron chi connectivity index (χ1n) is 5.75. The highest BCUT2D eigenvalue weighted by Crippen LogP contribution is 2.17. The van der Waals surface area contributed by atoms with E-state index in [9.17, 15) is 9.90 Å². The van der Waals surface area contributed by atoms with Crippen molar-refractivity contribution in [1.29, 1.82) is 0 Å². The number of nitrogens with one attached hydrogen (secondary N) is 2. The number of carbonyl (C=O) groups is 1. The van der Waals surface area contributed by atoms with Crippen molar-refractivity contribution in [3.05, 3.63) is 0 Å². The molecule has 16 heavy (non-hydrogen) atoms. The van der Waals surface area contributed by atoms with Crippen LogP contribution in [0.1, 0.15) is 33.6 Å². The molecule has 5 heteroatoms. The Morgan fingerprint density at radius 1 is 1.50 bits per heavy atom. The molecule has 0 spiro atoms. The van der Waals surface area contributed by atoms with Crippen LogP contribution in [0.25, 0.3) is 0 Å². The highest BCUT2D eigenvalue weighted by atomic mass is 16.6. The monoisotopic (exact) mass is 232 g/mol. The van der Waals surface area contributed by atoms with E-state index in [0.29, 0.717) is 26.0 Å². The highest BCUT2D eigenvalue weighted by Gasteiger charge is 2.32. The molecule has 5 nitrogen and oxygen atoms in total. The van der Waals surface area contributed by atoms with Gasteiger partial charge in [-0.05, 0) is 34.2 Å². The van der Waals surface area contributed by atoms with E-state index in [1.165, 1.54) is 0 Å². The lowest BCUT2D eigenvalue weighted by molar-refractivity contribution is -0.147. The zero-order valence-electron chi connectivity index (χ0n) is 10.7. The van der Waals surface area contributed by atoms with Gasteiger partial charge >= 0.3 is 0 Å². The van der Waals surface area contributed by atoms with Crippen molar-refractivity contribution in [2.24, 2.45) is 0 Å². The Labute approximate surface area is 97.6 Å². The number of amides is 1. The number of aliphatic hydroxyl groups is 1. The van der Waals surface area contributed by atoms with E-state index in [4.69, 9.17) is 4.74 Å². The van der Waals surface area contributed by atoms with Crippen LogP contribution in [0.2, 0.25) is 0 Å². The predicted octanol–water partition coefficient (Wildman–Crippen LogP) is 0.236. The van der Waals surface area contributed by atoms with Crippen LogP contribution in [0.5, 0.6) is 0 Å². The van der Waals surface area contributed by atoms with Crippen molar-refractivity contribution in [2.75, 3.05) is 20.2 Å². The van der Waals surface area contributed by atoms with Gasteiger partial charge in [0.2, 0.25) is 5.91 Å². The first-order chi connectivity index (χ1) is 7.50. The lowest BCUT2D eigenvalue weighted by atomic mass is 9.95. The summed E-state index contributed by atoms with van der Waals surface area (Å²) < 4.78 is 5.15. The predicted molar refractivity (Wildman–Crippen MR) is 63.0 cm³/mol. The number of ether oxygens (including phenoxy) is 1. The molecule has 0 bridgehead atoms. The van der Waals surface area contributed by atoms with Gasteiger partial charge in [-0.25, -0.2) is 0 Å². The lowest BCUT2D eigenvalue weighted by Gasteiger charge is -2.33. The maximum absolute atomic E-state index is 11.3. The molecule has 0 aromatic rings. The van der Waals surface area contributed by atoms with Crippen molar-refractivity contribution < 1.29 is 14.6 Å². The normalized spacial score (nSPS) is 16.6. The molecule has 0 aromatic heterocycles. The van der Waals surface area contributed by atoms with Gasteiger partial charge in [-0.2, -0.15) is 0 Å². The Kier molecular flexibility index (Phi) is 7.29. The largest absolute Gasteiger partial charge is 0.366 e. The summed E-state index contributed by atoms with van der Waals surface area (Å²) in [5.41, 5.74) is -0.596. The molecule has 0 aliphatic carbocycles. The maximum atomic E-state index is 11.3. The van der Waals surface area contributed by atoms with Crippen LogP contribution in [0.15, 0.2) is 0 Å². The van der Waals surface area contributed by atoms with E-state index < -0.39 is 11.8 Å². The maximum Gasteiger partial charge on any atom is 0.220 e. The van der Waals surface area contributed by atoms with E-state index in [1.807, 2.05) is 20.8 Å². The van der Waals surface area contributed by atoms with Crippen LogP contribution >= 0.6 is 0 Å². The van der Waals surface area contributed by atoms with Crippen molar-refractivity contribution in [2.45, 2.75) is 45.4 Å². The molecule has 1 amide bonds. The second-order valence-electron chi connectivity index (χ2n) is 3.93. The zero-order valence-corrected chi connectivity index (χ0v) is 10.7. The van der Waals surface area contributed by atoms with Gasteiger partial charge in [0.1, 0.15) is 0 Å². The van der Waals surface area contributed by atoms with Gasteiger partial charge in [0.15, 0.2) is 6.29 Å². The second kappa shape index (κ2) is 7.60. The summed E-state index contributed by atoms with van der Waals surface area (Å²) in [5, 5.41) is 15.5. The minimum absolute atomic E-state index is 0.00678. The van der Waals surface area contributed by atoms with Crippen molar-refractivity contribution >= 4 is 5.91 Å². The van der Waals surface area contributed by atoms with Gasteiger partial charge in [0.25, 0.3) is 0 Å². The van der Waals surface area contributed by atoms with E-state index in [1.54, 1.807) is 7.05 Å². The first kappa shape index (κ1) is 15.3. The topological polar surface area (TPSA) is 70.6 Å². The summed E-state index contributed by atoms with van der Waals surface area (Å²) in [4.78, 5) is 11.3. The number of carbonyl (C=O) groups excluding carboxylic acids is 1. The average Bonchev–Trinajstić information content (AvgIpc) is 2.26. The fraction of sp³-hybridized carbons (Fsp3) is 0.909. The Bertz CT molecular complexity index is 211. The molecule has 96 valence electrons. The number of hydrogen-bond donors (Lipinski definition) is 3. The van der Waals surface area contributed by atoms with Crippen LogP contribution in [0.4, 0.5) is 0 Å². The summed E-state index contributed by atoms with van der Waals surface area (Å²) in [6, 6.07) is 0. The van der Waals surface area contributed by atoms with Crippen molar-refractivity contribution in [1.82, 2.24) is 10.6 Å². The standard InChI is InChI=1S/C11H24N2O3/c1-5-13-9(14)7-8-11(3,12-4)10(15)16-6-2/h10,12,15H,5-8H2,1-4H3,(H,13,14). The second-order valence-corrected chi connectivity index (χ2v) is 3.93. The smallest absolute Gasteiger partial charge is 0.220 e. The van der Waals surface area contributed by atoms with E-state index in [2.05, 4.69) is 10.6 Å². The SMILES string of the molecule is CCNC(=O)CCC(C)(NC)C(O)OCC. The molecule has 0 aliphatic heterocycles. The molecule has 2 unspecified atom stereocenters. The third-order valence-electron chi connectivity index (χ3n) is 2.69. The summed E-state index contributed by atoms with van der Waals surface area (Å²) in [7, 11) is 1.75. The molecule has 0 saturated heterocycles. The van der Waals surface area contributed by atoms with Crippen LogP contribution in [0, 0.1) is 0 Å². The molecule has 0 fully saturated rings. The third-order valence-corrected chi connectivity index (χ3v) is 2.69. The molecule has 0 rings (SSSR count). The number of hydrogen-bond acceptors (Lipinski definition) is 4. The number of aliphatic hydroxyl groups excluding tert-OH is 1. The number of likely N-dealkylation sites (N-methyl/N-ethyl adjacent to an activating group) is 1. The number of rotatable bonds is 8. The van der Waals surface area contributed by atoms with Crippen molar-refractivity contribution in [3.63, 3.8) is 0 Å². The minimum Gasteiger partial charge on any atom is -0.366 e. The fourth-order valence-electron chi connectivity index (χ4n) is 1.37. The fourth-order valence-corrected chi connectivity index (χ4v) is 1.37. The Morgan fingerprint density at radius 2 is 2.12 bits per heavy atom. The molecular weight excluding hydrogens is 208 g/mol. The lowest BCUT2D eigenvalue weighted by Crippen LogP contribution is -2.52. The van der Waals surface area contributed by atoms with Crippen LogP contribution < -0.4 is 10.6 Å². The van der Waals surface area contributed by atoms with E-state index in [-0.39, 0.29) is 5.91 Å². The Hall–Kier alpha value is -0.650. The van der Waals surface area contributed by atoms with Gasteiger partial charge < -0.3 is 20.5 Å². The van der Waals surface area contributed by atoms with E-state index >= 15 is 0 Å². The molecule has 0 aromatic carbocycles. The quantitative estimate of drug-likeness (QED) is 0.524. The molecule has 0 saturated carbocycles. The average molecular weight is 232 g/mol. The molecular formula is C11H24N2O3. The summed E-state index contributed by atoms with van der Waals surface area (Å²) >= 11 is 0. The van der Waals surface area contributed by atoms with Crippen molar-refractivity contribution in [3.8, 4) is 0 Å². The van der Waals surface area contributed by atoms with Crippen LogP contribution in [-0.2, 0) is 9.53 Å². The Morgan fingerprint density at radius 3 is 2.56 bits per heavy atom. The first-order valence-corrected chi connectivity index (χ1v) is 5.75. The van der Waals surface area contributed by atoms with Crippen LogP contribution in [-0.4, -0.2) is 43.0 Å². The molecule has 0 heterocycles. The van der Waals surface area contributed by atoms with Gasteiger partial charge in [-0.15, -0.1) is 0 Å². The summed E-state index contributed by atoms with van der Waals surface area (Å²) in [6.07, 6.45) is -0.0110. The van der Waals surface area contributed by atoms with Gasteiger partial charge in [-0.3, -0.25) is 4.79 Å². The molecule has 0 aliphatic rings. The minimum atomic E-state index is -0.906. The molecule has 2 atom stereocenters. The third kappa shape index (κ3) is 4.92. The van der Waals surface area contributed by atoms with Crippen LogP contribution in [0.3, 0.4) is 0 Å². The molecule has 0 radical (unpaired) electrons. The van der Waals surface area contributed by atoms with E-state index in [0.717, 1.165) is 0 Å². The Balaban J connectivity index is 4.20. The highest BCUT2D eigenvalue weighted by molar-refractivity contribution is 5.75.